The number of hydrogen-bond donors (Lipinski definition) is 1. The van der Waals surface area contributed by atoms with Crippen molar-refractivity contribution in [2.24, 2.45) is 5.92 Å². The molecule has 0 heterocycles. The molecular formula is C35H34O. The Kier molecular flexibility index (Phi) is 6.28. The van der Waals surface area contributed by atoms with Gasteiger partial charge in [-0.1, -0.05) is 132 Å². The Morgan fingerprint density at radius 1 is 0.444 bits per heavy atom. The molecule has 4 aromatic rings. The molecule has 5 rings (SSSR count). The van der Waals surface area contributed by atoms with Crippen molar-refractivity contribution in [2.75, 3.05) is 0 Å². The van der Waals surface area contributed by atoms with Crippen molar-refractivity contribution in [3.05, 3.63) is 166 Å². The fourth-order valence-corrected chi connectivity index (χ4v) is 6.49. The smallest absolute Gasteiger partial charge is 0.118 e. The lowest BCUT2D eigenvalue weighted by Crippen LogP contribution is -2.56. The lowest BCUT2D eigenvalue weighted by Gasteiger charge is -2.53. The summed E-state index contributed by atoms with van der Waals surface area (Å²) in [5.41, 5.74) is 6.91. The van der Waals surface area contributed by atoms with E-state index in [1.54, 1.807) is 0 Å². The van der Waals surface area contributed by atoms with E-state index in [9.17, 15) is 5.11 Å². The SMILES string of the molecule is CC1=C(C)C(C(O)(c2ccccc2)C(c2ccccc2)(c2ccccc2)c2ccccc2)C(C)=C1C. The van der Waals surface area contributed by atoms with Crippen molar-refractivity contribution in [1.82, 2.24) is 0 Å². The van der Waals surface area contributed by atoms with E-state index in [2.05, 4.69) is 113 Å². The Labute approximate surface area is 215 Å². The van der Waals surface area contributed by atoms with Crippen LogP contribution in [0.2, 0.25) is 0 Å². The molecule has 1 nitrogen and oxygen atoms in total. The van der Waals surface area contributed by atoms with Crippen LogP contribution in [0.1, 0.15) is 49.9 Å². The molecule has 0 saturated carbocycles. The van der Waals surface area contributed by atoms with Crippen molar-refractivity contribution in [1.29, 1.82) is 0 Å². The summed E-state index contributed by atoms with van der Waals surface area (Å²) < 4.78 is 0. The molecule has 0 saturated heterocycles. The van der Waals surface area contributed by atoms with Gasteiger partial charge in [0.2, 0.25) is 0 Å². The average Bonchev–Trinajstić information content (AvgIpc) is 3.13. The second kappa shape index (κ2) is 9.41. The molecule has 0 spiro atoms. The van der Waals surface area contributed by atoms with Gasteiger partial charge in [-0.25, -0.2) is 0 Å². The summed E-state index contributed by atoms with van der Waals surface area (Å²) in [5.74, 6) is -0.194. The highest BCUT2D eigenvalue weighted by molar-refractivity contribution is 5.61. The molecule has 1 N–H and O–H groups in total. The summed E-state index contributed by atoms with van der Waals surface area (Å²) in [6.45, 7) is 8.77. The van der Waals surface area contributed by atoms with Gasteiger partial charge in [0.05, 0.1) is 5.41 Å². The van der Waals surface area contributed by atoms with Crippen molar-refractivity contribution in [3.63, 3.8) is 0 Å². The van der Waals surface area contributed by atoms with Crippen LogP contribution in [-0.2, 0) is 11.0 Å². The molecule has 0 bridgehead atoms. The van der Waals surface area contributed by atoms with Crippen LogP contribution in [0.4, 0.5) is 0 Å². The molecule has 180 valence electrons. The van der Waals surface area contributed by atoms with Crippen molar-refractivity contribution in [3.8, 4) is 0 Å². The second-order valence-corrected chi connectivity index (χ2v) is 10.0. The summed E-state index contributed by atoms with van der Waals surface area (Å²) >= 11 is 0. The molecule has 1 atom stereocenters. The molecule has 36 heavy (non-hydrogen) atoms. The van der Waals surface area contributed by atoms with Crippen LogP contribution in [0.3, 0.4) is 0 Å². The molecular weight excluding hydrogens is 436 g/mol. The zero-order valence-electron chi connectivity index (χ0n) is 21.6. The van der Waals surface area contributed by atoms with Crippen LogP contribution in [0.25, 0.3) is 0 Å². The summed E-state index contributed by atoms with van der Waals surface area (Å²) in [7, 11) is 0. The predicted octanol–water partition coefficient (Wildman–Crippen LogP) is 8.21. The van der Waals surface area contributed by atoms with E-state index in [1.807, 2.05) is 36.4 Å². The molecule has 0 radical (unpaired) electrons. The number of hydrogen-bond acceptors (Lipinski definition) is 1. The second-order valence-electron chi connectivity index (χ2n) is 10.0. The van der Waals surface area contributed by atoms with E-state index in [4.69, 9.17) is 0 Å². The number of rotatable bonds is 6. The van der Waals surface area contributed by atoms with Crippen molar-refractivity contribution >= 4 is 0 Å². The fraction of sp³-hybridized carbons (Fsp3) is 0.200. The minimum Gasteiger partial charge on any atom is -0.383 e. The number of benzene rings is 4. The molecule has 1 heteroatoms. The normalized spacial score (nSPS) is 16.4. The van der Waals surface area contributed by atoms with E-state index in [0.717, 1.165) is 22.3 Å². The third-order valence-corrected chi connectivity index (χ3v) is 8.44. The van der Waals surface area contributed by atoms with E-state index in [-0.39, 0.29) is 5.92 Å². The zero-order chi connectivity index (χ0) is 25.3. The Morgan fingerprint density at radius 2 is 0.722 bits per heavy atom. The first-order chi connectivity index (χ1) is 17.4. The Bertz CT molecular complexity index is 1280. The Hall–Kier alpha value is -3.68. The van der Waals surface area contributed by atoms with Gasteiger partial charge in [0.1, 0.15) is 5.60 Å². The minimum atomic E-state index is -1.31. The standard InChI is InChI=1S/C35H34O/c1-25-26(2)28(4)33(27(25)3)35(36,32-23-15-8-16-24-32)34(29-17-9-5-10-18-29,30-19-11-6-12-20-30)31-21-13-7-14-22-31/h5-24,33,36H,1-4H3. The van der Waals surface area contributed by atoms with Gasteiger partial charge in [-0.15, -0.1) is 0 Å². The van der Waals surface area contributed by atoms with Gasteiger partial charge in [-0.2, -0.15) is 0 Å². The summed E-state index contributed by atoms with van der Waals surface area (Å²) in [6.07, 6.45) is 0. The lowest BCUT2D eigenvalue weighted by atomic mass is 9.52. The monoisotopic (exact) mass is 470 g/mol. The molecule has 1 unspecified atom stereocenters. The van der Waals surface area contributed by atoms with E-state index >= 15 is 0 Å². The van der Waals surface area contributed by atoms with E-state index in [1.165, 1.54) is 22.3 Å². The molecule has 0 aromatic heterocycles. The Morgan fingerprint density at radius 3 is 1.03 bits per heavy atom. The highest BCUT2D eigenvalue weighted by Gasteiger charge is 2.60. The fourth-order valence-electron chi connectivity index (χ4n) is 6.49. The van der Waals surface area contributed by atoms with Gasteiger partial charge >= 0.3 is 0 Å². The van der Waals surface area contributed by atoms with Crippen molar-refractivity contribution in [2.45, 2.75) is 38.7 Å². The molecule has 1 aliphatic carbocycles. The summed E-state index contributed by atoms with van der Waals surface area (Å²) in [4.78, 5) is 0. The van der Waals surface area contributed by atoms with Crippen molar-refractivity contribution < 1.29 is 5.11 Å². The third kappa shape index (κ3) is 3.42. The first-order valence-corrected chi connectivity index (χ1v) is 12.7. The maximum absolute atomic E-state index is 13.8. The van der Waals surface area contributed by atoms with Gasteiger partial charge in [0.15, 0.2) is 0 Å². The van der Waals surface area contributed by atoms with Crippen LogP contribution in [0, 0.1) is 5.92 Å². The van der Waals surface area contributed by atoms with Crippen LogP contribution < -0.4 is 0 Å². The maximum atomic E-state index is 13.8. The largest absolute Gasteiger partial charge is 0.383 e. The summed E-state index contributed by atoms with van der Waals surface area (Å²) in [5, 5.41) is 13.8. The van der Waals surface area contributed by atoms with Crippen LogP contribution >= 0.6 is 0 Å². The van der Waals surface area contributed by atoms with E-state index in [0.29, 0.717) is 0 Å². The zero-order valence-corrected chi connectivity index (χ0v) is 21.6. The molecule has 0 aliphatic heterocycles. The number of allylic oxidation sites excluding steroid dienone is 2. The van der Waals surface area contributed by atoms with Crippen LogP contribution in [0.15, 0.2) is 144 Å². The van der Waals surface area contributed by atoms with Gasteiger partial charge in [0.25, 0.3) is 0 Å². The van der Waals surface area contributed by atoms with Crippen LogP contribution in [0.5, 0.6) is 0 Å². The molecule has 0 amide bonds. The van der Waals surface area contributed by atoms with Gasteiger partial charge < -0.3 is 5.11 Å². The molecule has 0 fully saturated rings. The van der Waals surface area contributed by atoms with Gasteiger partial charge in [-0.3, -0.25) is 0 Å². The first kappa shape index (κ1) is 24.0. The maximum Gasteiger partial charge on any atom is 0.118 e. The highest BCUT2D eigenvalue weighted by Crippen LogP contribution is 2.60. The average molecular weight is 471 g/mol. The third-order valence-electron chi connectivity index (χ3n) is 8.44. The summed E-state index contributed by atoms with van der Waals surface area (Å²) in [6, 6.07) is 41.9. The van der Waals surface area contributed by atoms with Crippen LogP contribution in [-0.4, -0.2) is 5.11 Å². The van der Waals surface area contributed by atoms with Gasteiger partial charge in [0, 0.05) is 5.92 Å². The Balaban J connectivity index is 2.02. The predicted molar refractivity (Wildman–Crippen MR) is 150 cm³/mol. The minimum absolute atomic E-state index is 0.194. The first-order valence-electron chi connectivity index (χ1n) is 12.7. The molecule has 4 aromatic carbocycles. The number of aliphatic hydroxyl groups is 1. The van der Waals surface area contributed by atoms with E-state index < -0.39 is 11.0 Å². The molecule has 1 aliphatic rings. The lowest BCUT2D eigenvalue weighted by molar-refractivity contribution is -0.0435. The van der Waals surface area contributed by atoms with Gasteiger partial charge in [-0.05, 0) is 61.1 Å². The quantitative estimate of drug-likeness (QED) is 0.282. The topological polar surface area (TPSA) is 20.2 Å². The highest BCUT2D eigenvalue weighted by atomic mass is 16.3.